The van der Waals surface area contributed by atoms with E-state index in [4.69, 9.17) is 11.6 Å². The molecule has 0 unspecified atom stereocenters. The van der Waals surface area contributed by atoms with Crippen LogP contribution in [0.3, 0.4) is 0 Å². The lowest BCUT2D eigenvalue weighted by Crippen LogP contribution is -2.54. The van der Waals surface area contributed by atoms with Crippen LogP contribution in [-0.2, 0) is 16.2 Å². The number of aromatic nitrogens is 3. The smallest absolute Gasteiger partial charge is 0.353 e. The van der Waals surface area contributed by atoms with Crippen LogP contribution < -0.4 is 4.90 Å². The molecular formula is C23H32ClF3N6O2S. The number of pyridine rings is 1. The van der Waals surface area contributed by atoms with E-state index in [0.29, 0.717) is 61.4 Å². The number of anilines is 1. The SMILES string of the molecule is Cc1nn(C(C)C)c(C)c1S(=O)(=O)N1CCC(N2CCN(c3ncc(C(F)(F)F)cc3Cl)CC2)CC1. The maximum Gasteiger partial charge on any atom is 0.417 e. The zero-order chi connectivity index (χ0) is 26.4. The van der Waals surface area contributed by atoms with Gasteiger partial charge in [-0.1, -0.05) is 11.6 Å². The molecule has 0 aliphatic carbocycles. The predicted molar refractivity (Wildman–Crippen MR) is 132 cm³/mol. The molecule has 0 atom stereocenters. The fourth-order valence-corrected chi connectivity index (χ4v) is 7.33. The number of hydrogen-bond acceptors (Lipinski definition) is 6. The first-order chi connectivity index (χ1) is 16.8. The maximum atomic E-state index is 13.4. The number of alkyl halides is 3. The zero-order valence-corrected chi connectivity index (χ0v) is 22.5. The molecule has 36 heavy (non-hydrogen) atoms. The summed E-state index contributed by atoms with van der Waals surface area (Å²) in [4.78, 5) is 8.51. The van der Waals surface area contributed by atoms with Crippen LogP contribution in [-0.4, -0.2) is 77.7 Å². The van der Waals surface area contributed by atoms with Gasteiger partial charge in [-0.25, -0.2) is 13.4 Å². The number of sulfonamides is 1. The van der Waals surface area contributed by atoms with Crippen molar-refractivity contribution in [1.82, 2.24) is 24.0 Å². The van der Waals surface area contributed by atoms with Gasteiger partial charge in [0.15, 0.2) is 0 Å². The number of hydrogen-bond donors (Lipinski definition) is 0. The number of rotatable bonds is 5. The van der Waals surface area contributed by atoms with Crippen LogP contribution >= 0.6 is 11.6 Å². The molecule has 2 aromatic heterocycles. The van der Waals surface area contributed by atoms with Gasteiger partial charge in [0.1, 0.15) is 10.7 Å². The summed E-state index contributed by atoms with van der Waals surface area (Å²) in [5.74, 6) is 0.359. The minimum atomic E-state index is -4.48. The van der Waals surface area contributed by atoms with Gasteiger partial charge in [0, 0.05) is 57.5 Å². The molecule has 2 fully saturated rings. The van der Waals surface area contributed by atoms with Gasteiger partial charge in [0.25, 0.3) is 0 Å². The lowest BCUT2D eigenvalue weighted by Gasteiger charge is -2.42. The standard InChI is InChI=1S/C23H32ClF3N6O2S/c1-15(2)33-17(4)21(16(3)29-33)36(34,35)32-7-5-19(6-8-32)30-9-11-31(12-10-30)22-20(24)13-18(14-28-22)23(25,26)27/h13-15,19H,5-12H2,1-4H3. The summed E-state index contributed by atoms with van der Waals surface area (Å²) < 4.78 is 68.9. The molecule has 8 nitrogen and oxygen atoms in total. The molecule has 0 aromatic carbocycles. The summed E-state index contributed by atoms with van der Waals surface area (Å²) in [6, 6.07) is 1.24. The van der Waals surface area contributed by atoms with E-state index in [2.05, 4.69) is 15.0 Å². The summed E-state index contributed by atoms with van der Waals surface area (Å²) in [5.41, 5.74) is 0.324. The second-order valence-corrected chi connectivity index (χ2v) is 12.0. The Balaban J connectivity index is 1.36. The third-order valence-corrected chi connectivity index (χ3v) is 9.48. The first-order valence-corrected chi connectivity index (χ1v) is 13.9. The Morgan fingerprint density at radius 2 is 1.67 bits per heavy atom. The summed E-state index contributed by atoms with van der Waals surface area (Å²) in [7, 11) is -3.63. The molecular weight excluding hydrogens is 517 g/mol. The van der Waals surface area contributed by atoms with Crippen LogP contribution in [0.5, 0.6) is 0 Å². The highest BCUT2D eigenvalue weighted by Crippen LogP contribution is 2.34. The highest BCUT2D eigenvalue weighted by Gasteiger charge is 2.36. The number of piperazine rings is 1. The Hall–Kier alpha value is -1.89. The van der Waals surface area contributed by atoms with Crippen molar-refractivity contribution in [2.24, 2.45) is 0 Å². The van der Waals surface area contributed by atoms with E-state index in [9.17, 15) is 21.6 Å². The number of nitrogens with zero attached hydrogens (tertiary/aromatic N) is 6. The van der Waals surface area contributed by atoms with Crippen molar-refractivity contribution in [3.05, 3.63) is 34.2 Å². The third-order valence-electron chi connectivity index (χ3n) is 7.05. The maximum absolute atomic E-state index is 13.4. The molecule has 0 spiro atoms. The lowest BCUT2D eigenvalue weighted by molar-refractivity contribution is -0.137. The second-order valence-electron chi connectivity index (χ2n) is 9.72. The van der Waals surface area contributed by atoms with Gasteiger partial charge in [-0.2, -0.15) is 22.6 Å². The van der Waals surface area contributed by atoms with Crippen LogP contribution in [0.4, 0.5) is 19.0 Å². The van der Waals surface area contributed by atoms with Gasteiger partial charge < -0.3 is 4.90 Å². The molecule has 2 aromatic rings. The highest BCUT2D eigenvalue weighted by atomic mass is 35.5. The highest BCUT2D eigenvalue weighted by molar-refractivity contribution is 7.89. The molecule has 0 N–H and O–H groups in total. The molecule has 4 heterocycles. The monoisotopic (exact) mass is 548 g/mol. The third kappa shape index (κ3) is 5.23. The predicted octanol–water partition coefficient (Wildman–Crippen LogP) is 4.12. The van der Waals surface area contributed by atoms with E-state index < -0.39 is 21.8 Å². The van der Waals surface area contributed by atoms with Crippen LogP contribution in [0.1, 0.15) is 49.7 Å². The van der Waals surface area contributed by atoms with Gasteiger partial charge in [0.05, 0.1) is 22.0 Å². The fraction of sp³-hybridized carbons (Fsp3) is 0.652. The summed E-state index contributed by atoms with van der Waals surface area (Å²) in [5, 5.41) is 4.43. The van der Waals surface area contributed by atoms with Crippen LogP contribution in [0, 0.1) is 13.8 Å². The minimum absolute atomic E-state index is 0.0110. The molecule has 2 saturated heterocycles. The summed E-state index contributed by atoms with van der Waals surface area (Å²) in [6.07, 6.45) is -2.23. The van der Waals surface area contributed by atoms with Crippen molar-refractivity contribution in [3.8, 4) is 0 Å². The van der Waals surface area contributed by atoms with Crippen molar-refractivity contribution in [1.29, 1.82) is 0 Å². The Kier molecular flexibility index (Phi) is 7.63. The van der Waals surface area contributed by atoms with E-state index in [1.165, 1.54) is 0 Å². The molecule has 2 aliphatic heterocycles. The molecule has 0 amide bonds. The summed E-state index contributed by atoms with van der Waals surface area (Å²) >= 11 is 6.12. The van der Waals surface area contributed by atoms with Crippen molar-refractivity contribution >= 4 is 27.4 Å². The van der Waals surface area contributed by atoms with E-state index in [0.717, 1.165) is 25.1 Å². The molecule has 0 bridgehead atoms. The molecule has 0 saturated carbocycles. The molecule has 2 aliphatic rings. The largest absolute Gasteiger partial charge is 0.417 e. The van der Waals surface area contributed by atoms with Gasteiger partial charge in [-0.05, 0) is 46.6 Å². The quantitative estimate of drug-likeness (QED) is 0.559. The van der Waals surface area contributed by atoms with Crippen molar-refractivity contribution in [2.45, 2.75) is 63.7 Å². The van der Waals surface area contributed by atoms with E-state index in [1.807, 2.05) is 18.7 Å². The normalized spacial score (nSPS) is 19.4. The summed E-state index contributed by atoms with van der Waals surface area (Å²) in [6.45, 7) is 10.9. The second kappa shape index (κ2) is 10.1. The van der Waals surface area contributed by atoms with E-state index in [-0.39, 0.29) is 17.1 Å². The number of halogens is 4. The molecule has 13 heteroatoms. The molecule has 4 rings (SSSR count). The van der Waals surface area contributed by atoms with Crippen LogP contribution in [0.15, 0.2) is 17.2 Å². The van der Waals surface area contributed by atoms with E-state index >= 15 is 0 Å². The zero-order valence-electron chi connectivity index (χ0n) is 20.9. The lowest BCUT2D eigenvalue weighted by atomic mass is 10.0. The van der Waals surface area contributed by atoms with Gasteiger partial charge >= 0.3 is 6.18 Å². The van der Waals surface area contributed by atoms with Crippen LogP contribution in [0.25, 0.3) is 0 Å². The average molecular weight is 549 g/mol. The van der Waals surface area contributed by atoms with Crippen molar-refractivity contribution in [3.63, 3.8) is 0 Å². The van der Waals surface area contributed by atoms with Crippen molar-refractivity contribution in [2.75, 3.05) is 44.2 Å². The van der Waals surface area contributed by atoms with Crippen molar-refractivity contribution < 1.29 is 21.6 Å². The van der Waals surface area contributed by atoms with Crippen LogP contribution in [0.2, 0.25) is 5.02 Å². The topological polar surface area (TPSA) is 74.6 Å². The number of aryl methyl sites for hydroxylation is 1. The van der Waals surface area contributed by atoms with Gasteiger partial charge in [0.2, 0.25) is 10.0 Å². The first-order valence-electron chi connectivity index (χ1n) is 12.1. The Labute approximate surface area is 215 Å². The van der Waals surface area contributed by atoms with Gasteiger partial charge in [-0.3, -0.25) is 9.58 Å². The fourth-order valence-electron chi connectivity index (χ4n) is 5.22. The molecule has 0 radical (unpaired) electrons. The Morgan fingerprint density at radius 1 is 1.06 bits per heavy atom. The minimum Gasteiger partial charge on any atom is -0.353 e. The molecule has 200 valence electrons. The number of piperidine rings is 1. The average Bonchev–Trinajstić information content (AvgIpc) is 3.13. The first kappa shape index (κ1) is 27.2. The Morgan fingerprint density at radius 3 is 2.17 bits per heavy atom. The van der Waals surface area contributed by atoms with E-state index in [1.54, 1.807) is 22.8 Å². The van der Waals surface area contributed by atoms with Gasteiger partial charge in [-0.15, -0.1) is 0 Å². The Bertz CT molecular complexity index is 1200.